The number of aliphatic imine (C=N–C) groups is 1. The van der Waals surface area contributed by atoms with E-state index < -0.39 is 5.92 Å². The summed E-state index contributed by atoms with van der Waals surface area (Å²) in [7, 11) is 1.68. The number of rotatable bonds is 8. The van der Waals surface area contributed by atoms with E-state index in [1.807, 2.05) is 23.1 Å². The fourth-order valence-corrected chi connectivity index (χ4v) is 5.20. The van der Waals surface area contributed by atoms with Gasteiger partial charge in [-0.3, -0.25) is 14.5 Å². The Bertz CT molecular complexity index is 1140. The molecule has 0 spiro atoms. The third-order valence-corrected chi connectivity index (χ3v) is 7.22. The molecule has 1 aromatic carbocycles. The lowest BCUT2D eigenvalue weighted by Crippen LogP contribution is -2.48. The zero-order valence-corrected chi connectivity index (χ0v) is 21.2. The van der Waals surface area contributed by atoms with Crippen LogP contribution >= 0.6 is 12.2 Å². The Morgan fingerprint density at radius 2 is 1.89 bits per heavy atom. The number of ether oxygens (including phenoxy) is 3. The minimum absolute atomic E-state index is 0.0905. The lowest BCUT2D eigenvalue weighted by atomic mass is 9.93. The molecule has 1 atom stereocenters. The summed E-state index contributed by atoms with van der Waals surface area (Å²) in [5.74, 6) is 1.64. The van der Waals surface area contributed by atoms with Crippen LogP contribution in [0.1, 0.15) is 25.7 Å². The molecule has 0 aromatic heterocycles. The van der Waals surface area contributed by atoms with Gasteiger partial charge in [-0.15, -0.1) is 0 Å². The number of anilines is 1. The first-order valence-electron chi connectivity index (χ1n) is 12.3. The predicted molar refractivity (Wildman–Crippen MR) is 139 cm³/mol. The number of para-hydroxylation sites is 2. The van der Waals surface area contributed by atoms with E-state index in [9.17, 15) is 9.59 Å². The maximum absolute atomic E-state index is 13.0. The number of carbonyl (C=O) groups is 2. The fourth-order valence-electron chi connectivity index (χ4n) is 4.91. The molecule has 9 nitrogen and oxygen atoms in total. The molecule has 0 N–H and O–H groups in total. The van der Waals surface area contributed by atoms with Crippen molar-refractivity contribution in [3.63, 3.8) is 0 Å². The van der Waals surface area contributed by atoms with E-state index in [0.717, 1.165) is 43.8 Å². The van der Waals surface area contributed by atoms with Gasteiger partial charge in [0.1, 0.15) is 11.7 Å². The molecule has 3 heterocycles. The Balaban J connectivity index is 1.04. The van der Waals surface area contributed by atoms with Crippen molar-refractivity contribution in [3.8, 4) is 5.75 Å². The highest BCUT2D eigenvalue weighted by Gasteiger charge is 2.38. The van der Waals surface area contributed by atoms with Crippen molar-refractivity contribution in [1.82, 2.24) is 9.80 Å². The standard InChI is InChI=1S/C26H30N4O5S/c1-33-21-8-5-4-7-20(21)28-11-13-29(14-12-28)24(31)9-3-2-6-10-30-25(32)18-15-22-23(35-17-34-22)16-19(18)27-26(30)36/h4-5,7-8,15-16,18H,2-3,6,9-14,17H2,1H3. The van der Waals surface area contributed by atoms with Crippen LogP contribution in [0.25, 0.3) is 0 Å². The summed E-state index contributed by atoms with van der Waals surface area (Å²) in [6.07, 6.45) is 6.37. The van der Waals surface area contributed by atoms with Crippen molar-refractivity contribution >= 4 is 40.5 Å². The van der Waals surface area contributed by atoms with E-state index in [1.165, 1.54) is 0 Å². The number of amides is 2. The number of benzene rings is 1. The summed E-state index contributed by atoms with van der Waals surface area (Å²) < 4.78 is 16.3. The summed E-state index contributed by atoms with van der Waals surface area (Å²) in [6.45, 7) is 3.62. The van der Waals surface area contributed by atoms with Gasteiger partial charge in [0.15, 0.2) is 11.5 Å². The number of hydrogen-bond acceptors (Lipinski definition) is 7. The van der Waals surface area contributed by atoms with Crippen molar-refractivity contribution in [1.29, 1.82) is 0 Å². The summed E-state index contributed by atoms with van der Waals surface area (Å²) >= 11 is 5.38. The van der Waals surface area contributed by atoms with Crippen LogP contribution in [0.5, 0.6) is 5.75 Å². The molecule has 1 aromatic rings. The Morgan fingerprint density at radius 1 is 1.11 bits per heavy atom. The molecular formula is C26H30N4O5S. The first kappa shape index (κ1) is 24.3. The van der Waals surface area contributed by atoms with Gasteiger partial charge in [0.05, 0.1) is 18.5 Å². The van der Waals surface area contributed by atoms with Crippen LogP contribution in [0.4, 0.5) is 5.69 Å². The highest BCUT2D eigenvalue weighted by molar-refractivity contribution is 7.80. The predicted octanol–water partition coefficient (Wildman–Crippen LogP) is 2.87. The maximum Gasteiger partial charge on any atom is 0.241 e. The Hall–Kier alpha value is -3.40. The average molecular weight is 511 g/mol. The smallest absolute Gasteiger partial charge is 0.241 e. The number of piperazine rings is 1. The monoisotopic (exact) mass is 510 g/mol. The number of fused-ring (bicyclic) bond motifs is 2. The normalized spacial score (nSPS) is 21.1. The largest absolute Gasteiger partial charge is 0.495 e. The lowest BCUT2D eigenvalue weighted by Gasteiger charge is -2.36. The SMILES string of the molecule is COc1ccccc1N1CCN(C(=O)CCCCCN2C(=O)C3C=C4OCOC4=CC3=NC2=S)CC1. The van der Waals surface area contributed by atoms with Gasteiger partial charge < -0.3 is 24.0 Å². The van der Waals surface area contributed by atoms with E-state index in [4.69, 9.17) is 26.4 Å². The Morgan fingerprint density at radius 3 is 2.69 bits per heavy atom. The first-order valence-corrected chi connectivity index (χ1v) is 12.7. The zero-order chi connectivity index (χ0) is 25.1. The van der Waals surface area contributed by atoms with E-state index in [-0.39, 0.29) is 23.7 Å². The molecule has 190 valence electrons. The van der Waals surface area contributed by atoms with E-state index in [1.54, 1.807) is 24.2 Å². The topological polar surface area (TPSA) is 83.9 Å². The van der Waals surface area contributed by atoms with Crippen LogP contribution < -0.4 is 9.64 Å². The van der Waals surface area contributed by atoms with Crippen LogP contribution in [0.2, 0.25) is 0 Å². The molecule has 10 heteroatoms. The molecule has 0 bridgehead atoms. The number of methoxy groups -OCH3 is 1. The quantitative estimate of drug-likeness (QED) is 0.393. The van der Waals surface area contributed by atoms with Gasteiger partial charge in [0, 0.05) is 45.2 Å². The van der Waals surface area contributed by atoms with Crippen LogP contribution in [-0.2, 0) is 19.1 Å². The molecule has 2 fully saturated rings. The number of thiocarbonyl (C=S) groups is 1. The molecule has 1 unspecified atom stereocenters. The third kappa shape index (κ3) is 4.95. The molecule has 36 heavy (non-hydrogen) atoms. The van der Waals surface area contributed by atoms with Crippen molar-refractivity contribution in [2.24, 2.45) is 10.9 Å². The minimum Gasteiger partial charge on any atom is -0.495 e. The first-order chi connectivity index (χ1) is 17.5. The molecule has 2 saturated heterocycles. The fraction of sp³-hybridized carbons (Fsp3) is 0.462. The van der Waals surface area contributed by atoms with Crippen LogP contribution in [0.3, 0.4) is 0 Å². The van der Waals surface area contributed by atoms with Crippen molar-refractivity contribution in [2.45, 2.75) is 25.7 Å². The molecule has 1 aliphatic carbocycles. The van der Waals surface area contributed by atoms with E-state index in [0.29, 0.717) is 43.3 Å². The molecule has 5 rings (SSSR count). The summed E-state index contributed by atoms with van der Waals surface area (Å²) in [6, 6.07) is 7.97. The van der Waals surface area contributed by atoms with Gasteiger partial charge in [-0.1, -0.05) is 18.6 Å². The summed E-state index contributed by atoms with van der Waals surface area (Å²) in [5.41, 5.74) is 1.67. The van der Waals surface area contributed by atoms with Crippen LogP contribution in [0, 0.1) is 5.92 Å². The van der Waals surface area contributed by atoms with E-state index in [2.05, 4.69) is 16.0 Å². The molecule has 2 amide bonds. The Labute approximate surface area is 216 Å². The minimum atomic E-state index is -0.492. The van der Waals surface area contributed by atoms with E-state index >= 15 is 0 Å². The molecule has 4 aliphatic rings. The molecular weight excluding hydrogens is 480 g/mol. The average Bonchev–Trinajstić information content (AvgIpc) is 3.36. The number of carbonyl (C=O) groups excluding carboxylic acids is 2. The summed E-state index contributed by atoms with van der Waals surface area (Å²) in [5, 5.41) is 0.280. The second-order valence-corrected chi connectivity index (χ2v) is 9.45. The molecule has 0 radical (unpaired) electrons. The number of unbranched alkanes of at least 4 members (excludes halogenated alkanes) is 2. The maximum atomic E-state index is 13.0. The second kappa shape index (κ2) is 10.7. The van der Waals surface area contributed by atoms with Gasteiger partial charge in [-0.2, -0.15) is 0 Å². The highest BCUT2D eigenvalue weighted by atomic mass is 32.1. The van der Waals surface area contributed by atoms with Gasteiger partial charge in [-0.05, 0) is 43.3 Å². The summed E-state index contributed by atoms with van der Waals surface area (Å²) in [4.78, 5) is 36.0. The van der Waals surface area contributed by atoms with Gasteiger partial charge in [-0.25, -0.2) is 4.99 Å². The van der Waals surface area contributed by atoms with Crippen LogP contribution in [0.15, 0.2) is 52.9 Å². The van der Waals surface area contributed by atoms with Gasteiger partial charge in [0.25, 0.3) is 0 Å². The second-order valence-electron chi connectivity index (χ2n) is 9.08. The lowest BCUT2D eigenvalue weighted by molar-refractivity contribution is -0.132. The van der Waals surface area contributed by atoms with Gasteiger partial charge >= 0.3 is 0 Å². The zero-order valence-electron chi connectivity index (χ0n) is 20.4. The number of nitrogens with zero attached hydrogens (tertiary/aromatic N) is 4. The Kier molecular flexibility index (Phi) is 7.22. The van der Waals surface area contributed by atoms with Crippen molar-refractivity contribution in [3.05, 3.63) is 47.9 Å². The highest BCUT2D eigenvalue weighted by Crippen LogP contribution is 2.31. The van der Waals surface area contributed by atoms with Gasteiger partial charge in [0.2, 0.25) is 23.7 Å². The van der Waals surface area contributed by atoms with Crippen molar-refractivity contribution in [2.75, 3.05) is 51.5 Å². The third-order valence-electron chi connectivity index (χ3n) is 6.91. The van der Waals surface area contributed by atoms with Crippen molar-refractivity contribution < 1.29 is 23.8 Å². The molecule has 3 aliphatic heterocycles. The molecule has 0 saturated carbocycles. The number of allylic oxidation sites excluding steroid dienone is 1. The number of hydrogen-bond donors (Lipinski definition) is 0. The van der Waals surface area contributed by atoms with Crippen LogP contribution in [-0.4, -0.2) is 79.1 Å².